The predicted molar refractivity (Wildman–Crippen MR) is 116 cm³/mol. The largest absolute Gasteiger partial charge is 0.349 e. The van der Waals surface area contributed by atoms with E-state index >= 15 is 0 Å². The minimum absolute atomic E-state index is 0.0309. The quantitative estimate of drug-likeness (QED) is 0.669. The maximum absolute atomic E-state index is 12.8. The SMILES string of the molecule is Cc1cc(C)n(Cc2cccc(C(=O)NC3CCC(c4ccccc4)CC3)c2)n1. The highest BCUT2D eigenvalue weighted by atomic mass is 16.1. The Morgan fingerprint density at radius 3 is 2.45 bits per heavy atom. The Labute approximate surface area is 173 Å². The van der Waals surface area contributed by atoms with Crippen molar-refractivity contribution in [3.05, 3.63) is 88.7 Å². The van der Waals surface area contributed by atoms with Crippen molar-refractivity contribution in [2.75, 3.05) is 0 Å². The number of nitrogens with zero attached hydrogens (tertiary/aromatic N) is 2. The summed E-state index contributed by atoms with van der Waals surface area (Å²) in [6.45, 7) is 4.74. The summed E-state index contributed by atoms with van der Waals surface area (Å²) in [6.07, 6.45) is 4.34. The van der Waals surface area contributed by atoms with Crippen molar-refractivity contribution >= 4 is 5.91 Å². The molecule has 1 saturated carbocycles. The minimum Gasteiger partial charge on any atom is -0.349 e. The average Bonchev–Trinajstić information content (AvgIpc) is 3.06. The summed E-state index contributed by atoms with van der Waals surface area (Å²) in [5, 5.41) is 7.77. The van der Waals surface area contributed by atoms with E-state index in [1.807, 2.05) is 29.8 Å². The van der Waals surface area contributed by atoms with Crippen LogP contribution in [0.25, 0.3) is 0 Å². The van der Waals surface area contributed by atoms with Crippen LogP contribution in [0.2, 0.25) is 0 Å². The average molecular weight is 388 g/mol. The Kier molecular flexibility index (Phi) is 5.79. The van der Waals surface area contributed by atoms with Crippen LogP contribution in [0.1, 0.15) is 64.5 Å². The van der Waals surface area contributed by atoms with Gasteiger partial charge in [-0.2, -0.15) is 5.10 Å². The molecule has 0 saturated heterocycles. The topological polar surface area (TPSA) is 46.9 Å². The molecule has 1 N–H and O–H groups in total. The van der Waals surface area contributed by atoms with Gasteiger partial charge in [0.1, 0.15) is 0 Å². The maximum atomic E-state index is 12.8. The van der Waals surface area contributed by atoms with Gasteiger partial charge in [0.05, 0.1) is 12.2 Å². The van der Waals surface area contributed by atoms with E-state index in [1.165, 1.54) is 5.56 Å². The molecule has 0 unspecified atom stereocenters. The number of aromatic nitrogens is 2. The highest BCUT2D eigenvalue weighted by molar-refractivity contribution is 5.94. The van der Waals surface area contributed by atoms with Gasteiger partial charge in [0.2, 0.25) is 0 Å². The van der Waals surface area contributed by atoms with Gasteiger partial charge in [-0.15, -0.1) is 0 Å². The zero-order chi connectivity index (χ0) is 20.2. The van der Waals surface area contributed by atoms with Crippen LogP contribution >= 0.6 is 0 Å². The molecule has 4 rings (SSSR count). The first kappa shape index (κ1) is 19.4. The van der Waals surface area contributed by atoms with Gasteiger partial charge >= 0.3 is 0 Å². The zero-order valence-electron chi connectivity index (χ0n) is 17.3. The smallest absolute Gasteiger partial charge is 0.251 e. The molecule has 4 nitrogen and oxygen atoms in total. The third kappa shape index (κ3) is 4.76. The number of carbonyl (C=O) groups excluding carboxylic acids is 1. The van der Waals surface area contributed by atoms with Crippen LogP contribution in [-0.4, -0.2) is 21.7 Å². The molecule has 0 radical (unpaired) electrons. The number of amides is 1. The Hall–Kier alpha value is -2.88. The summed E-state index contributed by atoms with van der Waals surface area (Å²) in [7, 11) is 0. The number of carbonyl (C=O) groups is 1. The number of aryl methyl sites for hydroxylation is 2. The minimum atomic E-state index is 0.0309. The van der Waals surface area contributed by atoms with E-state index in [0.717, 1.165) is 48.2 Å². The third-order valence-corrected chi connectivity index (χ3v) is 5.96. The Bertz CT molecular complexity index is 969. The molecule has 4 heteroatoms. The van der Waals surface area contributed by atoms with Crippen molar-refractivity contribution in [3.63, 3.8) is 0 Å². The number of benzene rings is 2. The third-order valence-electron chi connectivity index (χ3n) is 5.96. The van der Waals surface area contributed by atoms with Crippen LogP contribution in [-0.2, 0) is 6.54 Å². The number of rotatable bonds is 5. The maximum Gasteiger partial charge on any atom is 0.251 e. The number of hydrogen-bond donors (Lipinski definition) is 1. The van der Waals surface area contributed by atoms with E-state index in [4.69, 9.17) is 0 Å². The molecule has 1 amide bonds. The standard InChI is InChI=1S/C25H29N3O/c1-18-15-19(2)28(27-18)17-20-7-6-10-23(16-20)25(29)26-24-13-11-22(12-14-24)21-8-4-3-5-9-21/h3-10,15-16,22,24H,11-14,17H2,1-2H3,(H,26,29). The van der Waals surface area contributed by atoms with Gasteiger partial charge in [0, 0.05) is 17.3 Å². The molecule has 1 aliphatic carbocycles. The fraction of sp³-hybridized carbons (Fsp3) is 0.360. The second-order valence-corrected chi connectivity index (χ2v) is 8.22. The fourth-order valence-electron chi connectivity index (χ4n) is 4.38. The van der Waals surface area contributed by atoms with Gasteiger partial charge in [0.25, 0.3) is 5.91 Å². The molecular weight excluding hydrogens is 358 g/mol. The second kappa shape index (κ2) is 8.64. The van der Waals surface area contributed by atoms with E-state index in [-0.39, 0.29) is 11.9 Å². The monoisotopic (exact) mass is 387 g/mol. The summed E-state index contributed by atoms with van der Waals surface area (Å²) in [5.41, 5.74) is 5.40. The molecule has 0 bridgehead atoms. The number of nitrogens with one attached hydrogen (secondary N) is 1. The molecule has 1 heterocycles. The van der Waals surface area contributed by atoms with Crippen LogP contribution in [0.4, 0.5) is 0 Å². The zero-order valence-corrected chi connectivity index (χ0v) is 17.3. The highest BCUT2D eigenvalue weighted by Gasteiger charge is 2.23. The van der Waals surface area contributed by atoms with E-state index in [1.54, 1.807) is 0 Å². The lowest BCUT2D eigenvalue weighted by Gasteiger charge is -2.29. The molecule has 0 atom stereocenters. The lowest BCUT2D eigenvalue weighted by Crippen LogP contribution is -2.37. The van der Waals surface area contributed by atoms with E-state index < -0.39 is 0 Å². The molecule has 1 aromatic heterocycles. The first-order valence-electron chi connectivity index (χ1n) is 10.5. The molecule has 29 heavy (non-hydrogen) atoms. The second-order valence-electron chi connectivity index (χ2n) is 8.22. The highest BCUT2D eigenvalue weighted by Crippen LogP contribution is 2.32. The van der Waals surface area contributed by atoms with Crippen molar-refractivity contribution in [1.82, 2.24) is 15.1 Å². The molecule has 0 spiro atoms. The summed E-state index contributed by atoms with van der Waals surface area (Å²) in [4.78, 5) is 12.8. The van der Waals surface area contributed by atoms with Gasteiger partial charge in [0.15, 0.2) is 0 Å². The summed E-state index contributed by atoms with van der Waals surface area (Å²) < 4.78 is 1.98. The van der Waals surface area contributed by atoms with Gasteiger partial charge in [-0.1, -0.05) is 42.5 Å². The van der Waals surface area contributed by atoms with Gasteiger partial charge < -0.3 is 5.32 Å². The Balaban J connectivity index is 1.35. The summed E-state index contributed by atoms with van der Waals surface area (Å²) >= 11 is 0. The molecule has 3 aromatic rings. The van der Waals surface area contributed by atoms with E-state index in [0.29, 0.717) is 12.5 Å². The summed E-state index contributed by atoms with van der Waals surface area (Å²) in [6, 6.07) is 21.0. The lowest BCUT2D eigenvalue weighted by atomic mass is 9.82. The molecule has 1 aliphatic rings. The lowest BCUT2D eigenvalue weighted by molar-refractivity contribution is 0.0925. The first-order valence-corrected chi connectivity index (χ1v) is 10.5. The normalized spacial score (nSPS) is 19.1. The van der Waals surface area contributed by atoms with Crippen LogP contribution in [0, 0.1) is 13.8 Å². The number of hydrogen-bond acceptors (Lipinski definition) is 2. The van der Waals surface area contributed by atoms with Crippen LogP contribution in [0.5, 0.6) is 0 Å². The predicted octanol–water partition coefficient (Wildman–Crippen LogP) is 5.00. The van der Waals surface area contributed by atoms with Crippen molar-refractivity contribution in [2.24, 2.45) is 0 Å². The first-order chi connectivity index (χ1) is 14.1. The van der Waals surface area contributed by atoms with Crippen molar-refractivity contribution < 1.29 is 4.79 Å². The van der Waals surface area contributed by atoms with Crippen LogP contribution in [0.15, 0.2) is 60.7 Å². The Morgan fingerprint density at radius 2 is 1.76 bits per heavy atom. The Morgan fingerprint density at radius 1 is 1.00 bits per heavy atom. The van der Waals surface area contributed by atoms with E-state index in [9.17, 15) is 4.79 Å². The van der Waals surface area contributed by atoms with Crippen LogP contribution in [0.3, 0.4) is 0 Å². The van der Waals surface area contributed by atoms with Crippen molar-refractivity contribution in [3.8, 4) is 0 Å². The van der Waals surface area contributed by atoms with Crippen molar-refractivity contribution in [2.45, 2.75) is 58.0 Å². The van der Waals surface area contributed by atoms with Gasteiger partial charge in [-0.3, -0.25) is 9.48 Å². The molecular formula is C25H29N3O. The summed E-state index contributed by atoms with van der Waals surface area (Å²) in [5.74, 6) is 0.650. The van der Waals surface area contributed by atoms with Crippen LogP contribution < -0.4 is 5.32 Å². The van der Waals surface area contributed by atoms with E-state index in [2.05, 4.69) is 59.8 Å². The molecule has 150 valence electrons. The molecule has 1 fully saturated rings. The fourth-order valence-corrected chi connectivity index (χ4v) is 4.38. The van der Waals surface area contributed by atoms with Gasteiger partial charge in [-0.05, 0) is 74.8 Å². The van der Waals surface area contributed by atoms with Crippen molar-refractivity contribution in [1.29, 1.82) is 0 Å². The molecule has 0 aliphatic heterocycles. The van der Waals surface area contributed by atoms with Gasteiger partial charge in [-0.25, -0.2) is 0 Å². The molecule has 2 aromatic carbocycles.